The zero-order chi connectivity index (χ0) is 16.1. The second kappa shape index (κ2) is 11.5. The molecule has 0 aromatic heterocycles. The summed E-state index contributed by atoms with van der Waals surface area (Å²) in [6, 6.07) is 0. The molecular formula is C14H30N4O2S. The van der Waals surface area contributed by atoms with Gasteiger partial charge in [-0.3, -0.25) is 4.99 Å². The zero-order valence-corrected chi connectivity index (χ0v) is 14.7. The van der Waals surface area contributed by atoms with Crippen molar-refractivity contribution < 1.29 is 9.53 Å². The van der Waals surface area contributed by atoms with Crippen LogP contribution in [0.15, 0.2) is 4.99 Å². The van der Waals surface area contributed by atoms with Gasteiger partial charge in [0.25, 0.3) is 0 Å². The molecule has 0 aliphatic carbocycles. The molecule has 6 nitrogen and oxygen atoms in total. The van der Waals surface area contributed by atoms with E-state index >= 15 is 0 Å². The fourth-order valence-electron chi connectivity index (χ4n) is 1.40. The molecule has 124 valence electrons. The monoisotopic (exact) mass is 318 g/mol. The van der Waals surface area contributed by atoms with Gasteiger partial charge in [-0.15, -0.1) is 0 Å². The number of thioether (sulfide) groups is 1. The first-order chi connectivity index (χ1) is 9.89. The number of guanidine groups is 1. The van der Waals surface area contributed by atoms with Crippen LogP contribution >= 0.6 is 11.8 Å². The molecule has 0 saturated heterocycles. The number of alkyl carbamates (subject to hydrolysis) is 1. The van der Waals surface area contributed by atoms with E-state index in [4.69, 9.17) is 4.74 Å². The van der Waals surface area contributed by atoms with Crippen LogP contribution < -0.4 is 16.0 Å². The van der Waals surface area contributed by atoms with Crippen LogP contribution in [0.2, 0.25) is 0 Å². The van der Waals surface area contributed by atoms with E-state index in [1.54, 1.807) is 0 Å². The maximum absolute atomic E-state index is 11.5. The highest BCUT2D eigenvalue weighted by Crippen LogP contribution is 2.05. The highest BCUT2D eigenvalue weighted by atomic mass is 32.2. The molecule has 0 aliphatic heterocycles. The third kappa shape index (κ3) is 13.6. The number of hydrogen-bond donors (Lipinski definition) is 3. The number of rotatable bonds is 8. The Morgan fingerprint density at radius 1 is 1.19 bits per heavy atom. The fraction of sp³-hybridized carbons (Fsp3) is 0.857. The Labute approximate surface area is 132 Å². The van der Waals surface area contributed by atoms with E-state index in [2.05, 4.69) is 27.2 Å². The highest BCUT2D eigenvalue weighted by molar-refractivity contribution is 7.98. The van der Waals surface area contributed by atoms with Crippen LogP contribution in [0, 0.1) is 0 Å². The molecule has 3 N–H and O–H groups in total. The van der Waals surface area contributed by atoms with Crippen LogP contribution in [0.5, 0.6) is 0 Å². The Morgan fingerprint density at radius 2 is 1.86 bits per heavy atom. The second-order valence-electron chi connectivity index (χ2n) is 5.46. The van der Waals surface area contributed by atoms with E-state index in [9.17, 15) is 4.79 Å². The van der Waals surface area contributed by atoms with Crippen molar-refractivity contribution in [2.75, 3.05) is 38.2 Å². The molecule has 0 atom stereocenters. The average molecular weight is 318 g/mol. The predicted octanol–water partition coefficient (Wildman–Crippen LogP) is 1.82. The van der Waals surface area contributed by atoms with E-state index in [1.807, 2.05) is 39.5 Å². The number of nitrogens with one attached hydrogen (secondary N) is 3. The van der Waals surface area contributed by atoms with Crippen molar-refractivity contribution in [2.45, 2.75) is 39.7 Å². The third-order valence-electron chi connectivity index (χ3n) is 2.21. The van der Waals surface area contributed by atoms with Crippen molar-refractivity contribution in [3.05, 3.63) is 0 Å². The van der Waals surface area contributed by atoms with Crippen molar-refractivity contribution in [3.63, 3.8) is 0 Å². The number of carbonyl (C=O) groups is 1. The lowest BCUT2D eigenvalue weighted by atomic mass is 10.2. The van der Waals surface area contributed by atoms with E-state index < -0.39 is 11.7 Å². The molecule has 0 spiro atoms. The number of carbonyl (C=O) groups excluding carboxylic acids is 1. The molecule has 0 rings (SSSR count). The summed E-state index contributed by atoms with van der Waals surface area (Å²) in [5.74, 6) is 1.90. The Balaban J connectivity index is 3.90. The molecule has 0 bridgehead atoms. The van der Waals surface area contributed by atoms with Gasteiger partial charge in [0.15, 0.2) is 5.96 Å². The molecular weight excluding hydrogens is 288 g/mol. The molecule has 0 fully saturated rings. The van der Waals surface area contributed by atoms with Crippen LogP contribution in [0.4, 0.5) is 4.79 Å². The SMILES string of the molecule is CCNC(=NCCCSC)NCCNC(=O)OC(C)(C)C. The van der Waals surface area contributed by atoms with Crippen molar-refractivity contribution in [1.29, 1.82) is 0 Å². The third-order valence-corrected chi connectivity index (χ3v) is 2.90. The minimum atomic E-state index is -0.467. The van der Waals surface area contributed by atoms with Gasteiger partial charge >= 0.3 is 6.09 Å². The lowest BCUT2D eigenvalue weighted by molar-refractivity contribution is 0.0529. The minimum Gasteiger partial charge on any atom is -0.444 e. The quantitative estimate of drug-likeness (QED) is 0.362. The van der Waals surface area contributed by atoms with Crippen LogP contribution in [0.25, 0.3) is 0 Å². The standard InChI is InChI=1S/C14H30N4O2S/c1-6-15-12(16-8-7-11-21-5)17-9-10-18-13(19)20-14(2,3)4/h6-11H2,1-5H3,(H,18,19)(H2,15,16,17). The second-order valence-corrected chi connectivity index (χ2v) is 6.45. The van der Waals surface area contributed by atoms with Crippen LogP contribution in [0.3, 0.4) is 0 Å². The Kier molecular flexibility index (Phi) is 10.9. The molecule has 0 saturated carbocycles. The van der Waals surface area contributed by atoms with E-state index in [-0.39, 0.29) is 0 Å². The van der Waals surface area contributed by atoms with Gasteiger partial charge in [-0.1, -0.05) is 0 Å². The first kappa shape index (κ1) is 19.9. The first-order valence-corrected chi connectivity index (χ1v) is 8.76. The van der Waals surface area contributed by atoms with Gasteiger partial charge in [0.1, 0.15) is 5.60 Å². The van der Waals surface area contributed by atoms with E-state index in [0.717, 1.165) is 31.2 Å². The van der Waals surface area contributed by atoms with Crippen LogP contribution in [-0.4, -0.2) is 55.8 Å². The van der Waals surface area contributed by atoms with Crippen molar-refractivity contribution in [2.24, 2.45) is 4.99 Å². The van der Waals surface area contributed by atoms with Gasteiger partial charge in [0, 0.05) is 26.2 Å². The lowest BCUT2D eigenvalue weighted by Crippen LogP contribution is -2.42. The molecule has 0 aromatic carbocycles. The number of amides is 1. The Bertz CT molecular complexity index is 317. The van der Waals surface area contributed by atoms with Gasteiger partial charge in [-0.2, -0.15) is 11.8 Å². The number of aliphatic imine (C=N–C) groups is 1. The molecule has 0 unspecified atom stereocenters. The molecule has 21 heavy (non-hydrogen) atoms. The molecule has 0 heterocycles. The summed E-state index contributed by atoms with van der Waals surface area (Å²) < 4.78 is 5.16. The topological polar surface area (TPSA) is 74.8 Å². The maximum Gasteiger partial charge on any atom is 0.407 e. The van der Waals surface area contributed by atoms with E-state index in [0.29, 0.717) is 13.1 Å². The van der Waals surface area contributed by atoms with Crippen molar-refractivity contribution in [1.82, 2.24) is 16.0 Å². The number of ether oxygens (including phenoxy) is 1. The maximum atomic E-state index is 11.5. The normalized spacial score (nSPS) is 12.0. The summed E-state index contributed by atoms with van der Waals surface area (Å²) in [6.07, 6.45) is 2.76. The predicted molar refractivity (Wildman–Crippen MR) is 91.2 cm³/mol. The summed E-state index contributed by atoms with van der Waals surface area (Å²) in [5.41, 5.74) is -0.467. The smallest absolute Gasteiger partial charge is 0.407 e. The van der Waals surface area contributed by atoms with Crippen molar-refractivity contribution in [3.8, 4) is 0 Å². The van der Waals surface area contributed by atoms with Gasteiger partial charge in [0.2, 0.25) is 0 Å². The summed E-state index contributed by atoms with van der Waals surface area (Å²) >= 11 is 1.82. The summed E-state index contributed by atoms with van der Waals surface area (Å²) in [6.45, 7) is 10.3. The number of nitrogens with zero attached hydrogens (tertiary/aromatic N) is 1. The lowest BCUT2D eigenvalue weighted by Gasteiger charge is -2.19. The molecule has 1 amide bonds. The average Bonchev–Trinajstić information content (AvgIpc) is 2.37. The van der Waals surface area contributed by atoms with Gasteiger partial charge in [-0.05, 0) is 46.1 Å². The molecule has 7 heteroatoms. The van der Waals surface area contributed by atoms with Crippen molar-refractivity contribution >= 4 is 23.8 Å². The molecule has 0 aliphatic rings. The Hall–Kier alpha value is -1.11. The van der Waals surface area contributed by atoms with Crippen LogP contribution in [0.1, 0.15) is 34.1 Å². The number of hydrogen-bond acceptors (Lipinski definition) is 4. The van der Waals surface area contributed by atoms with Crippen LogP contribution in [-0.2, 0) is 4.74 Å². The summed E-state index contributed by atoms with van der Waals surface area (Å²) in [5, 5.41) is 9.05. The minimum absolute atomic E-state index is 0.397. The van der Waals surface area contributed by atoms with Gasteiger partial charge in [-0.25, -0.2) is 4.79 Å². The van der Waals surface area contributed by atoms with E-state index in [1.165, 1.54) is 0 Å². The summed E-state index contributed by atoms with van der Waals surface area (Å²) in [7, 11) is 0. The fourth-order valence-corrected chi connectivity index (χ4v) is 1.82. The largest absolute Gasteiger partial charge is 0.444 e. The Morgan fingerprint density at radius 3 is 2.43 bits per heavy atom. The highest BCUT2D eigenvalue weighted by Gasteiger charge is 2.15. The molecule has 0 aromatic rings. The summed E-state index contributed by atoms with van der Waals surface area (Å²) in [4.78, 5) is 15.9. The first-order valence-electron chi connectivity index (χ1n) is 7.37. The van der Waals surface area contributed by atoms with Gasteiger partial charge < -0.3 is 20.7 Å². The molecule has 0 radical (unpaired) electrons. The van der Waals surface area contributed by atoms with Gasteiger partial charge in [0.05, 0.1) is 0 Å². The zero-order valence-electron chi connectivity index (χ0n) is 13.9.